The molecule has 10 heavy (non-hydrogen) atoms. The van der Waals surface area contributed by atoms with Gasteiger partial charge in [0.15, 0.2) is 9.84 Å². The molecule has 0 spiro atoms. The number of nitrogens with zero attached hydrogens (tertiary/aromatic N) is 1. The highest BCUT2D eigenvalue weighted by molar-refractivity contribution is 7.92. The predicted molar refractivity (Wildman–Crippen MR) is 38.6 cm³/mol. The summed E-state index contributed by atoms with van der Waals surface area (Å²) in [5.41, 5.74) is 0. The van der Waals surface area contributed by atoms with Crippen LogP contribution >= 0.6 is 0 Å². The Morgan fingerprint density at radius 3 is 2.50 bits per heavy atom. The van der Waals surface area contributed by atoms with E-state index in [9.17, 15) is 8.42 Å². The van der Waals surface area contributed by atoms with Crippen molar-refractivity contribution in [3.8, 4) is 0 Å². The fourth-order valence-corrected chi connectivity index (χ4v) is 4.06. The summed E-state index contributed by atoms with van der Waals surface area (Å²) in [4.78, 5) is 2.14. The summed E-state index contributed by atoms with van der Waals surface area (Å²) < 4.78 is 22.3. The highest BCUT2D eigenvalue weighted by Gasteiger charge is 2.46. The summed E-state index contributed by atoms with van der Waals surface area (Å²) in [5.74, 6) is 0.397. The van der Waals surface area contributed by atoms with E-state index in [1.165, 1.54) is 0 Å². The minimum absolute atomic E-state index is 0.0394. The third kappa shape index (κ3) is 0.720. The van der Waals surface area contributed by atoms with E-state index in [4.69, 9.17) is 0 Å². The molecular weight excluding hydrogens is 150 g/mol. The van der Waals surface area contributed by atoms with E-state index in [0.29, 0.717) is 11.8 Å². The minimum atomic E-state index is -2.66. The number of rotatable bonds is 0. The Labute approximate surface area is 60.9 Å². The first-order valence-electron chi connectivity index (χ1n) is 3.51. The molecule has 2 atom stereocenters. The maximum Gasteiger partial charge on any atom is 0.156 e. The molecule has 2 saturated heterocycles. The van der Waals surface area contributed by atoms with Crippen molar-refractivity contribution in [1.29, 1.82) is 0 Å². The number of likely N-dealkylation sites (tertiary alicyclic amines) is 1. The first-order chi connectivity index (χ1) is 4.59. The Morgan fingerprint density at radius 1 is 1.50 bits per heavy atom. The molecule has 3 nitrogen and oxygen atoms in total. The van der Waals surface area contributed by atoms with Crippen molar-refractivity contribution < 1.29 is 8.42 Å². The fourth-order valence-electron chi connectivity index (χ4n) is 1.89. The molecule has 2 fully saturated rings. The van der Waals surface area contributed by atoms with Gasteiger partial charge in [-0.25, -0.2) is 8.42 Å². The molecule has 0 aromatic heterocycles. The van der Waals surface area contributed by atoms with E-state index in [-0.39, 0.29) is 5.25 Å². The first-order valence-corrected chi connectivity index (χ1v) is 5.23. The van der Waals surface area contributed by atoms with Gasteiger partial charge in [-0.2, -0.15) is 0 Å². The molecule has 2 bridgehead atoms. The van der Waals surface area contributed by atoms with Crippen molar-refractivity contribution in [2.75, 3.05) is 19.3 Å². The van der Waals surface area contributed by atoms with Crippen molar-refractivity contribution in [1.82, 2.24) is 4.90 Å². The van der Waals surface area contributed by atoms with Gasteiger partial charge in [-0.05, 0) is 13.5 Å². The normalized spacial score (nSPS) is 44.5. The zero-order valence-electron chi connectivity index (χ0n) is 5.95. The summed E-state index contributed by atoms with van der Waals surface area (Å²) >= 11 is 0. The van der Waals surface area contributed by atoms with E-state index in [1.807, 2.05) is 7.05 Å². The zero-order chi connectivity index (χ0) is 7.35. The molecule has 2 aliphatic heterocycles. The molecular formula is C6H11NO2S. The summed E-state index contributed by atoms with van der Waals surface area (Å²) in [5, 5.41) is -0.0394. The molecule has 58 valence electrons. The molecule has 0 aromatic carbocycles. The van der Waals surface area contributed by atoms with Gasteiger partial charge in [-0.3, -0.25) is 0 Å². The lowest BCUT2D eigenvalue weighted by Gasteiger charge is -2.21. The third-order valence-electron chi connectivity index (χ3n) is 2.58. The molecule has 2 heterocycles. The first kappa shape index (κ1) is 6.61. The monoisotopic (exact) mass is 161 g/mol. The zero-order valence-corrected chi connectivity index (χ0v) is 6.76. The third-order valence-corrected chi connectivity index (χ3v) is 4.79. The maximum atomic E-state index is 11.1. The van der Waals surface area contributed by atoms with Crippen molar-refractivity contribution in [3.05, 3.63) is 0 Å². The summed E-state index contributed by atoms with van der Waals surface area (Å²) in [6.45, 7) is 0.757. The van der Waals surface area contributed by atoms with Crippen LogP contribution in [0, 0.1) is 0 Å². The molecule has 2 rings (SSSR count). The molecule has 0 unspecified atom stereocenters. The molecule has 0 saturated carbocycles. The van der Waals surface area contributed by atoms with Crippen LogP contribution in [-0.2, 0) is 9.84 Å². The molecule has 2 aliphatic rings. The van der Waals surface area contributed by atoms with Gasteiger partial charge in [0.2, 0.25) is 0 Å². The van der Waals surface area contributed by atoms with Gasteiger partial charge in [0.05, 0.1) is 11.0 Å². The van der Waals surface area contributed by atoms with E-state index in [0.717, 1.165) is 13.0 Å². The highest BCUT2D eigenvalue weighted by Crippen LogP contribution is 2.31. The van der Waals surface area contributed by atoms with E-state index in [1.54, 1.807) is 0 Å². The standard InChI is InChI=1S/C6H11NO2S/c1-7-3-6-2-5(7)4-10(6,8)9/h5-6H,2-4H2,1H3/t5-,6-/m1/s1. The van der Waals surface area contributed by atoms with Gasteiger partial charge in [0.1, 0.15) is 0 Å². The Kier molecular flexibility index (Phi) is 1.15. The van der Waals surface area contributed by atoms with E-state index < -0.39 is 9.84 Å². The average molecular weight is 161 g/mol. The lowest BCUT2D eigenvalue weighted by Crippen LogP contribution is -2.37. The van der Waals surface area contributed by atoms with Crippen molar-refractivity contribution in [2.24, 2.45) is 0 Å². The molecule has 0 aromatic rings. The smallest absolute Gasteiger partial charge is 0.156 e. The van der Waals surface area contributed by atoms with Gasteiger partial charge < -0.3 is 4.90 Å². The molecule has 0 amide bonds. The van der Waals surface area contributed by atoms with E-state index in [2.05, 4.69) is 4.90 Å². The van der Waals surface area contributed by atoms with Crippen LogP contribution in [0.25, 0.3) is 0 Å². The van der Waals surface area contributed by atoms with Gasteiger partial charge in [0, 0.05) is 12.6 Å². The maximum absolute atomic E-state index is 11.1. The van der Waals surface area contributed by atoms with Gasteiger partial charge >= 0.3 is 0 Å². The van der Waals surface area contributed by atoms with Crippen LogP contribution in [-0.4, -0.2) is 44.0 Å². The van der Waals surface area contributed by atoms with Crippen molar-refractivity contribution in [3.63, 3.8) is 0 Å². The Hall–Kier alpha value is -0.0900. The Morgan fingerprint density at radius 2 is 2.20 bits per heavy atom. The van der Waals surface area contributed by atoms with Crippen LogP contribution in [0.1, 0.15) is 6.42 Å². The van der Waals surface area contributed by atoms with Crippen LogP contribution < -0.4 is 0 Å². The lowest BCUT2D eigenvalue weighted by molar-refractivity contribution is 0.326. The van der Waals surface area contributed by atoms with Crippen LogP contribution in [0.2, 0.25) is 0 Å². The Bertz CT molecular complexity index is 244. The number of hydrogen-bond donors (Lipinski definition) is 0. The van der Waals surface area contributed by atoms with Crippen molar-refractivity contribution >= 4 is 9.84 Å². The van der Waals surface area contributed by atoms with Gasteiger partial charge in [-0.1, -0.05) is 0 Å². The SMILES string of the molecule is CN1C[C@H]2C[C@@H]1CS2(=O)=O. The van der Waals surface area contributed by atoms with Crippen LogP contribution in [0.4, 0.5) is 0 Å². The largest absolute Gasteiger partial charge is 0.301 e. The Balaban J connectivity index is 2.32. The summed E-state index contributed by atoms with van der Waals surface area (Å²) in [7, 11) is -0.663. The van der Waals surface area contributed by atoms with Crippen LogP contribution in [0.3, 0.4) is 0 Å². The summed E-state index contributed by atoms with van der Waals surface area (Å²) in [6.07, 6.45) is 0.874. The van der Waals surface area contributed by atoms with Gasteiger partial charge in [0.25, 0.3) is 0 Å². The summed E-state index contributed by atoms with van der Waals surface area (Å²) in [6, 6.07) is 0.329. The minimum Gasteiger partial charge on any atom is -0.301 e. The second kappa shape index (κ2) is 1.74. The van der Waals surface area contributed by atoms with Crippen LogP contribution in [0.15, 0.2) is 0 Å². The predicted octanol–water partition coefficient (Wildman–Crippen LogP) is -0.512. The second-order valence-corrected chi connectivity index (χ2v) is 5.61. The molecule has 0 N–H and O–H groups in total. The molecule has 0 radical (unpaired) electrons. The molecule has 4 heteroatoms. The molecule has 0 aliphatic carbocycles. The quantitative estimate of drug-likeness (QED) is 0.480. The number of fused-ring (bicyclic) bond motifs is 2. The number of hydrogen-bond acceptors (Lipinski definition) is 3. The number of sulfone groups is 1. The van der Waals surface area contributed by atoms with Crippen molar-refractivity contribution in [2.45, 2.75) is 17.7 Å². The fraction of sp³-hybridized carbons (Fsp3) is 1.00. The lowest BCUT2D eigenvalue weighted by atomic mass is 10.2. The topological polar surface area (TPSA) is 37.4 Å². The highest BCUT2D eigenvalue weighted by atomic mass is 32.2. The van der Waals surface area contributed by atoms with Gasteiger partial charge in [-0.15, -0.1) is 0 Å². The van der Waals surface area contributed by atoms with Crippen LogP contribution in [0.5, 0.6) is 0 Å². The van der Waals surface area contributed by atoms with E-state index >= 15 is 0 Å². The average Bonchev–Trinajstić information content (AvgIpc) is 2.21. The second-order valence-electron chi connectivity index (χ2n) is 3.28.